The summed E-state index contributed by atoms with van der Waals surface area (Å²) < 4.78 is 0. The molecule has 1 spiro atoms. The predicted octanol–water partition coefficient (Wildman–Crippen LogP) is 1.94. The van der Waals surface area contributed by atoms with Crippen LogP contribution in [0.15, 0.2) is 0 Å². The number of carbonyl (C=O) groups excluding carboxylic acids is 2. The zero-order valence-electron chi connectivity index (χ0n) is 12.5. The second-order valence-electron chi connectivity index (χ2n) is 6.91. The zero-order valence-corrected chi connectivity index (χ0v) is 12.5. The minimum atomic E-state index is -0.0470. The summed E-state index contributed by atoms with van der Waals surface area (Å²) in [6, 6.07) is 0. The van der Waals surface area contributed by atoms with Crippen LogP contribution in [0.25, 0.3) is 0 Å². The van der Waals surface area contributed by atoms with Gasteiger partial charge in [0.15, 0.2) is 0 Å². The number of nitrogens with zero attached hydrogens (tertiary/aromatic N) is 1. The van der Waals surface area contributed by atoms with Gasteiger partial charge < -0.3 is 4.90 Å². The fourth-order valence-electron chi connectivity index (χ4n) is 4.77. The Morgan fingerprint density at radius 3 is 2.45 bits per heavy atom. The molecule has 0 aromatic rings. The van der Waals surface area contributed by atoms with Gasteiger partial charge in [0, 0.05) is 12.3 Å². The lowest BCUT2D eigenvalue weighted by Gasteiger charge is -2.49. The van der Waals surface area contributed by atoms with E-state index in [2.05, 4.69) is 17.1 Å². The van der Waals surface area contributed by atoms with Gasteiger partial charge in [-0.3, -0.25) is 14.9 Å². The highest BCUT2D eigenvalue weighted by molar-refractivity contribution is 5.99. The van der Waals surface area contributed by atoms with E-state index in [9.17, 15) is 9.59 Å². The van der Waals surface area contributed by atoms with Crippen molar-refractivity contribution in [2.45, 2.75) is 51.9 Å². The Balaban J connectivity index is 1.83. The first-order valence-electron chi connectivity index (χ1n) is 8.21. The van der Waals surface area contributed by atoms with E-state index >= 15 is 0 Å². The van der Waals surface area contributed by atoms with Gasteiger partial charge in [0.1, 0.15) is 0 Å². The van der Waals surface area contributed by atoms with E-state index in [4.69, 9.17) is 0 Å². The Morgan fingerprint density at radius 1 is 1.20 bits per heavy atom. The molecule has 4 nitrogen and oxygen atoms in total. The molecule has 112 valence electrons. The number of hydrogen-bond donors (Lipinski definition) is 1. The van der Waals surface area contributed by atoms with Crippen molar-refractivity contribution in [2.75, 3.05) is 19.6 Å². The van der Waals surface area contributed by atoms with E-state index in [1.54, 1.807) is 0 Å². The van der Waals surface area contributed by atoms with Crippen LogP contribution < -0.4 is 5.32 Å². The maximum absolute atomic E-state index is 12.5. The molecule has 4 heteroatoms. The third-order valence-electron chi connectivity index (χ3n) is 5.89. The van der Waals surface area contributed by atoms with Crippen LogP contribution >= 0.6 is 0 Å². The molecule has 2 amide bonds. The molecule has 1 N–H and O–H groups in total. The summed E-state index contributed by atoms with van der Waals surface area (Å²) >= 11 is 0. The fourth-order valence-corrected chi connectivity index (χ4v) is 4.77. The molecule has 1 saturated carbocycles. The van der Waals surface area contributed by atoms with E-state index in [0.29, 0.717) is 12.3 Å². The van der Waals surface area contributed by atoms with Crippen LogP contribution in [0.4, 0.5) is 0 Å². The van der Waals surface area contributed by atoms with Crippen LogP contribution in [-0.2, 0) is 9.59 Å². The second-order valence-corrected chi connectivity index (χ2v) is 6.91. The molecule has 0 radical (unpaired) electrons. The van der Waals surface area contributed by atoms with Crippen molar-refractivity contribution in [3.05, 3.63) is 0 Å². The number of imide groups is 1. The van der Waals surface area contributed by atoms with E-state index in [1.807, 2.05) is 0 Å². The first kappa shape index (κ1) is 14.1. The number of rotatable bonds is 2. The minimum absolute atomic E-state index is 0.0260. The molecule has 0 aromatic carbocycles. The average Bonchev–Trinajstić information content (AvgIpc) is 2.92. The van der Waals surface area contributed by atoms with Crippen molar-refractivity contribution < 1.29 is 9.59 Å². The molecule has 3 fully saturated rings. The molecule has 0 bridgehead atoms. The van der Waals surface area contributed by atoms with Gasteiger partial charge in [-0.2, -0.15) is 0 Å². The Hall–Kier alpha value is -0.900. The molecule has 1 aliphatic carbocycles. The van der Waals surface area contributed by atoms with Crippen molar-refractivity contribution in [3.8, 4) is 0 Å². The monoisotopic (exact) mass is 278 g/mol. The number of amides is 2. The normalized spacial score (nSPS) is 31.8. The molecule has 0 aromatic heterocycles. The van der Waals surface area contributed by atoms with Gasteiger partial charge in [0.25, 0.3) is 0 Å². The van der Waals surface area contributed by atoms with Crippen molar-refractivity contribution in [3.63, 3.8) is 0 Å². The lowest BCUT2D eigenvalue weighted by atomic mass is 9.60. The standard InChI is InChI=1S/C16H26N2O2/c1-2-18-9-7-16(8-10-18)11-13(19)17-15(20)14(16)12-5-3-4-6-12/h12,14H,2-11H2,1H3,(H,17,19,20). The van der Waals surface area contributed by atoms with Crippen molar-refractivity contribution in [1.82, 2.24) is 10.2 Å². The number of carbonyl (C=O) groups is 2. The zero-order chi connectivity index (χ0) is 14.2. The highest BCUT2D eigenvalue weighted by atomic mass is 16.2. The van der Waals surface area contributed by atoms with Crippen LogP contribution in [0.1, 0.15) is 51.9 Å². The van der Waals surface area contributed by atoms with E-state index in [1.165, 1.54) is 25.7 Å². The van der Waals surface area contributed by atoms with Crippen LogP contribution in [0.2, 0.25) is 0 Å². The second kappa shape index (κ2) is 5.47. The molecule has 2 aliphatic heterocycles. The van der Waals surface area contributed by atoms with Gasteiger partial charge in [-0.05, 0) is 56.7 Å². The van der Waals surface area contributed by atoms with E-state index < -0.39 is 0 Å². The van der Waals surface area contributed by atoms with Crippen molar-refractivity contribution in [1.29, 1.82) is 0 Å². The maximum atomic E-state index is 12.5. The summed E-state index contributed by atoms with van der Waals surface area (Å²) in [4.78, 5) is 26.8. The molecule has 3 aliphatic rings. The van der Waals surface area contributed by atoms with Crippen molar-refractivity contribution >= 4 is 11.8 Å². The van der Waals surface area contributed by atoms with Crippen LogP contribution in [-0.4, -0.2) is 36.3 Å². The first-order valence-corrected chi connectivity index (χ1v) is 8.21. The van der Waals surface area contributed by atoms with Gasteiger partial charge in [0.05, 0.1) is 0 Å². The summed E-state index contributed by atoms with van der Waals surface area (Å²) in [7, 11) is 0. The van der Waals surface area contributed by atoms with Gasteiger partial charge in [-0.15, -0.1) is 0 Å². The lowest BCUT2D eigenvalue weighted by Crippen LogP contribution is -2.57. The molecule has 1 atom stereocenters. The van der Waals surface area contributed by atoms with Gasteiger partial charge in [-0.1, -0.05) is 19.8 Å². The first-order chi connectivity index (χ1) is 9.64. The van der Waals surface area contributed by atoms with Gasteiger partial charge in [0.2, 0.25) is 11.8 Å². The third kappa shape index (κ3) is 2.39. The SMILES string of the molecule is CCN1CCC2(CC1)CC(=O)NC(=O)C2C1CCCC1. The molecule has 2 heterocycles. The lowest BCUT2D eigenvalue weighted by molar-refractivity contribution is -0.149. The molecular weight excluding hydrogens is 252 g/mol. The maximum Gasteiger partial charge on any atom is 0.230 e. The fraction of sp³-hybridized carbons (Fsp3) is 0.875. The Morgan fingerprint density at radius 2 is 1.85 bits per heavy atom. The quantitative estimate of drug-likeness (QED) is 0.785. The van der Waals surface area contributed by atoms with E-state index in [0.717, 1.165) is 32.5 Å². The largest absolute Gasteiger partial charge is 0.304 e. The van der Waals surface area contributed by atoms with Gasteiger partial charge in [-0.25, -0.2) is 0 Å². The average molecular weight is 278 g/mol. The minimum Gasteiger partial charge on any atom is -0.304 e. The molecule has 2 saturated heterocycles. The third-order valence-corrected chi connectivity index (χ3v) is 5.89. The van der Waals surface area contributed by atoms with Crippen LogP contribution in [0, 0.1) is 17.3 Å². The Labute approximate surface area is 121 Å². The smallest absolute Gasteiger partial charge is 0.230 e. The van der Waals surface area contributed by atoms with Crippen molar-refractivity contribution in [2.24, 2.45) is 17.3 Å². The van der Waals surface area contributed by atoms with Gasteiger partial charge >= 0.3 is 0 Å². The molecular formula is C16H26N2O2. The number of hydrogen-bond acceptors (Lipinski definition) is 3. The Kier molecular flexibility index (Phi) is 3.85. The highest BCUT2D eigenvalue weighted by Crippen LogP contribution is 2.50. The molecule has 20 heavy (non-hydrogen) atoms. The Bertz CT molecular complexity index is 393. The topological polar surface area (TPSA) is 49.4 Å². The van der Waals surface area contributed by atoms with Crippen LogP contribution in [0.3, 0.4) is 0 Å². The highest BCUT2D eigenvalue weighted by Gasteiger charge is 2.52. The van der Waals surface area contributed by atoms with Crippen LogP contribution in [0.5, 0.6) is 0 Å². The summed E-state index contributed by atoms with van der Waals surface area (Å²) in [6.45, 7) is 5.34. The summed E-state index contributed by atoms with van der Waals surface area (Å²) in [5.74, 6) is 0.574. The number of likely N-dealkylation sites (tertiary alicyclic amines) is 1. The molecule has 1 unspecified atom stereocenters. The number of piperidine rings is 2. The summed E-state index contributed by atoms with van der Waals surface area (Å²) in [5, 5.41) is 2.61. The summed E-state index contributed by atoms with van der Waals surface area (Å²) in [6.07, 6.45) is 7.44. The predicted molar refractivity (Wildman–Crippen MR) is 77.0 cm³/mol. The van der Waals surface area contributed by atoms with E-state index in [-0.39, 0.29) is 23.1 Å². The molecule has 3 rings (SSSR count). The number of nitrogens with one attached hydrogen (secondary N) is 1. The summed E-state index contributed by atoms with van der Waals surface area (Å²) in [5.41, 5.74) is -0.0416.